The maximum atomic E-state index is 11.7. The van der Waals surface area contributed by atoms with Gasteiger partial charge in [0.15, 0.2) is 9.84 Å². The number of ether oxygens (including phenoxy) is 1. The summed E-state index contributed by atoms with van der Waals surface area (Å²) in [5.74, 6) is -0.570. The fourth-order valence-electron chi connectivity index (χ4n) is 1.23. The van der Waals surface area contributed by atoms with Crippen LogP contribution in [0.2, 0.25) is 0 Å². The number of sulfone groups is 1. The Morgan fingerprint density at radius 3 is 2.11 bits per heavy atom. The van der Waals surface area contributed by atoms with Crippen LogP contribution in [0.3, 0.4) is 0 Å². The van der Waals surface area contributed by atoms with Crippen molar-refractivity contribution in [2.45, 2.75) is 38.2 Å². The Morgan fingerprint density at radius 1 is 1.11 bits per heavy atom. The standard InChI is InChI=1S/C11H22N2O5S/c1-5-18-11(15)13-7-6-12-10(14)9(4)19(16,17)8(2)3/h8-9H,5-7H2,1-4H3,(H,12,14)(H,13,15)/t9-/m0/s1. The van der Waals surface area contributed by atoms with Gasteiger partial charge in [-0.15, -0.1) is 0 Å². The third-order valence-electron chi connectivity index (χ3n) is 2.49. The largest absolute Gasteiger partial charge is 0.450 e. The van der Waals surface area contributed by atoms with E-state index in [1.165, 1.54) is 20.8 Å². The van der Waals surface area contributed by atoms with Gasteiger partial charge in [0, 0.05) is 13.1 Å². The van der Waals surface area contributed by atoms with Crippen LogP contribution in [0.4, 0.5) is 4.79 Å². The molecule has 2 N–H and O–H groups in total. The number of rotatable bonds is 7. The van der Waals surface area contributed by atoms with Crippen LogP contribution < -0.4 is 10.6 Å². The number of carbonyl (C=O) groups is 2. The van der Waals surface area contributed by atoms with Crippen LogP contribution in [0.5, 0.6) is 0 Å². The van der Waals surface area contributed by atoms with Crippen molar-refractivity contribution in [1.29, 1.82) is 0 Å². The minimum Gasteiger partial charge on any atom is -0.450 e. The summed E-state index contributed by atoms with van der Waals surface area (Å²) in [5, 5.41) is 3.16. The van der Waals surface area contributed by atoms with Gasteiger partial charge in [-0.3, -0.25) is 4.79 Å². The Kier molecular flexibility index (Phi) is 7.43. The molecule has 0 aliphatic heterocycles. The second kappa shape index (κ2) is 7.98. The molecule has 112 valence electrons. The number of alkyl carbamates (subject to hydrolysis) is 1. The van der Waals surface area contributed by atoms with Gasteiger partial charge in [-0.05, 0) is 27.7 Å². The van der Waals surface area contributed by atoms with Crippen molar-refractivity contribution in [2.24, 2.45) is 0 Å². The zero-order valence-corrected chi connectivity index (χ0v) is 12.5. The minimum absolute atomic E-state index is 0.148. The molecule has 0 heterocycles. The van der Waals surface area contributed by atoms with Gasteiger partial charge in [-0.1, -0.05) is 0 Å². The Hall–Kier alpha value is -1.31. The summed E-state index contributed by atoms with van der Waals surface area (Å²) in [5.41, 5.74) is 0. The average Bonchev–Trinajstić information content (AvgIpc) is 2.33. The van der Waals surface area contributed by atoms with Gasteiger partial charge in [0.05, 0.1) is 11.9 Å². The first-order valence-corrected chi connectivity index (χ1v) is 7.75. The van der Waals surface area contributed by atoms with Crippen LogP contribution >= 0.6 is 0 Å². The van der Waals surface area contributed by atoms with E-state index in [4.69, 9.17) is 0 Å². The molecule has 0 radical (unpaired) electrons. The van der Waals surface area contributed by atoms with Crippen LogP contribution in [0.25, 0.3) is 0 Å². The van der Waals surface area contributed by atoms with Crippen LogP contribution in [0, 0.1) is 0 Å². The quantitative estimate of drug-likeness (QED) is 0.647. The second-order valence-electron chi connectivity index (χ2n) is 4.22. The van der Waals surface area contributed by atoms with Gasteiger partial charge in [-0.25, -0.2) is 13.2 Å². The van der Waals surface area contributed by atoms with Gasteiger partial charge in [-0.2, -0.15) is 0 Å². The van der Waals surface area contributed by atoms with Crippen LogP contribution in [-0.4, -0.2) is 50.6 Å². The summed E-state index contributed by atoms with van der Waals surface area (Å²) >= 11 is 0. The Labute approximate surface area is 114 Å². The van der Waals surface area contributed by atoms with Crippen LogP contribution in [0.15, 0.2) is 0 Å². The average molecular weight is 294 g/mol. The molecule has 8 heteroatoms. The fraction of sp³-hybridized carbons (Fsp3) is 0.818. The normalized spacial score (nSPS) is 12.9. The van der Waals surface area contributed by atoms with Crippen molar-refractivity contribution in [3.63, 3.8) is 0 Å². The van der Waals surface area contributed by atoms with Crippen molar-refractivity contribution >= 4 is 21.8 Å². The monoisotopic (exact) mass is 294 g/mol. The van der Waals surface area contributed by atoms with Gasteiger partial charge < -0.3 is 15.4 Å². The zero-order valence-electron chi connectivity index (χ0n) is 11.7. The number of carbonyl (C=O) groups excluding carboxylic acids is 2. The summed E-state index contributed by atoms with van der Waals surface area (Å²) in [6, 6.07) is 0. The van der Waals surface area contributed by atoms with E-state index < -0.39 is 32.3 Å². The van der Waals surface area contributed by atoms with Crippen molar-refractivity contribution in [1.82, 2.24) is 10.6 Å². The third kappa shape index (κ3) is 5.91. The molecule has 0 saturated heterocycles. The first-order chi connectivity index (χ1) is 8.73. The molecule has 0 spiro atoms. The molecule has 0 unspecified atom stereocenters. The van der Waals surface area contributed by atoms with E-state index in [-0.39, 0.29) is 19.7 Å². The summed E-state index contributed by atoms with van der Waals surface area (Å²) in [6.07, 6.45) is -0.570. The highest BCUT2D eigenvalue weighted by molar-refractivity contribution is 7.93. The summed E-state index contributed by atoms with van der Waals surface area (Å²) < 4.78 is 28.1. The third-order valence-corrected chi connectivity index (χ3v) is 5.00. The molecular formula is C11H22N2O5S. The lowest BCUT2D eigenvalue weighted by molar-refractivity contribution is -0.120. The highest BCUT2D eigenvalue weighted by atomic mass is 32.2. The first kappa shape index (κ1) is 17.7. The van der Waals surface area contributed by atoms with Crippen molar-refractivity contribution < 1.29 is 22.7 Å². The highest BCUT2D eigenvalue weighted by Gasteiger charge is 2.30. The molecule has 0 rings (SSSR count). The Bertz CT molecular complexity index is 405. The molecule has 19 heavy (non-hydrogen) atoms. The van der Waals surface area contributed by atoms with Crippen LogP contribution in [0.1, 0.15) is 27.7 Å². The predicted octanol–water partition coefficient (Wildman–Crippen LogP) is 0.0604. The van der Waals surface area contributed by atoms with E-state index in [9.17, 15) is 18.0 Å². The maximum Gasteiger partial charge on any atom is 0.407 e. The number of hydrogen-bond acceptors (Lipinski definition) is 5. The van der Waals surface area contributed by atoms with E-state index in [0.29, 0.717) is 0 Å². The molecule has 0 bridgehead atoms. The molecule has 0 aliphatic carbocycles. The zero-order chi connectivity index (χ0) is 15.1. The Morgan fingerprint density at radius 2 is 1.63 bits per heavy atom. The smallest absolute Gasteiger partial charge is 0.407 e. The van der Waals surface area contributed by atoms with E-state index in [1.54, 1.807) is 6.92 Å². The molecule has 0 aliphatic rings. The molecule has 0 saturated carbocycles. The maximum absolute atomic E-state index is 11.7. The number of nitrogens with one attached hydrogen (secondary N) is 2. The molecule has 1 atom stereocenters. The van der Waals surface area contributed by atoms with Crippen LogP contribution in [-0.2, 0) is 19.4 Å². The molecular weight excluding hydrogens is 272 g/mol. The SMILES string of the molecule is CCOC(=O)NCCNC(=O)[C@H](C)S(=O)(=O)C(C)C. The lowest BCUT2D eigenvalue weighted by atomic mass is 10.4. The lowest BCUT2D eigenvalue weighted by Gasteiger charge is -2.15. The van der Waals surface area contributed by atoms with Gasteiger partial charge in [0.1, 0.15) is 5.25 Å². The number of amides is 2. The summed E-state index contributed by atoms with van der Waals surface area (Å²) in [7, 11) is -3.46. The topological polar surface area (TPSA) is 102 Å². The molecule has 7 nitrogen and oxygen atoms in total. The summed E-state index contributed by atoms with van der Waals surface area (Å²) in [6.45, 7) is 6.68. The lowest BCUT2D eigenvalue weighted by Crippen LogP contribution is -2.43. The molecule has 2 amide bonds. The molecule has 0 fully saturated rings. The molecule has 0 aromatic rings. The van der Waals surface area contributed by atoms with E-state index >= 15 is 0 Å². The minimum atomic E-state index is -3.46. The fourth-order valence-corrected chi connectivity index (χ4v) is 2.43. The molecule has 0 aromatic heterocycles. The second-order valence-corrected chi connectivity index (χ2v) is 7.05. The Balaban J connectivity index is 4.10. The first-order valence-electron chi connectivity index (χ1n) is 6.14. The van der Waals surface area contributed by atoms with E-state index in [1.807, 2.05) is 0 Å². The van der Waals surface area contributed by atoms with E-state index in [2.05, 4.69) is 15.4 Å². The van der Waals surface area contributed by atoms with Crippen molar-refractivity contribution in [2.75, 3.05) is 19.7 Å². The van der Waals surface area contributed by atoms with Gasteiger partial charge >= 0.3 is 6.09 Å². The number of hydrogen-bond donors (Lipinski definition) is 2. The summed E-state index contributed by atoms with van der Waals surface area (Å²) in [4.78, 5) is 22.6. The van der Waals surface area contributed by atoms with E-state index in [0.717, 1.165) is 0 Å². The van der Waals surface area contributed by atoms with Crippen molar-refractivity contribution in [3.8, 4) is 0 Å². The van der Waals surface area contributed by atoms with Gasteiger partial charge in [0.25, 0.3) is 0 Å². The van der Waals surface area contributed by atoms with Crippen molar-refractivity contribution in [3.05, 3.63) is 0 Å². The van der Waals surface area contributed by atoms with Gasteiger partial charge in [0.2, 0.25) is 5.91 Å². The molecule has 0 aromatic carbocycles. The highest BCUT2D eigenvalue weighted by Crippen LogP contribution is 2.08. The predicted molar refractivity (Wildman–Crippen MR) is 71.6 cm³/mol.